The predicted molar refractivity (Wildman–Crippen MR) is 90.4 cm³/mol. The van der Waals surface area contributed by atoms with Crippen LogP contribution in [0.3, 0.4) is 0 Å². The minimum Gasteiger partial charge on any atom is -0.459 e. The summed E-state index contributed by atoms with van der Waals surface area (Å²) in [5, 5.41) is 12.9. The molecular weight excluding hydrogens is 308 g/mol. The van der Waals surface area contributed by atoms with Gasteiger partial charge in [-0.1, -0.05) is 26.7 Å². The number of carbonyl (C=O) groups is 2. The second kappa shape index (κ2) is 8.33. The van der Waals surface area contributed by atoms with Crippen molar-refractivity contribution in [1.29, 1.82) is 0 Å². The Morgan fingerprint density at radius 2 is 2.08 bits per heavy atom. The van der Waals surface area contributed by atoms with E-state index in [1.807, 2.05) is 13.8 Å². The van der Waals surface area contributed by atoms with Gasteiger partial charge in [0.05, 0.1) is 12.4 Å². The van der Waals surface area contributed by atoms with Gasteiger partial charge < -0.3 is 19.7 Å². The number of rotatable bonds is 6. The van der Waals surface area contributed by atoms with E-state index in [9.17, 15) is 14.7 Å². The standard InChI is InChI=1S/C18H28N2O4/c1-12(2)16(19-17(22)15-9-6-10-24-15)18(23)20(3)11-13-7-4-5-8-14(13)21/h6,9-10,12-14,16,21H,4-5,7-8,11H2,1-3H3,(H,19,22). The molecule has 2 amide bonds. The summed E-state index contributed by atoms with van der Waals surface area (Å²) in [4.78, 5) is 26.6. The maximum Gasteiger partial charge on any atom is 0.287 e. The Morgan fingerprint density at radius 1 is 1.38 bits per heavy atom. The number of amides is 2. The Balaban J connectivity index is 1.98. The number of nitrogens with one attached hydrogen (secondary N) is 1. The molecule has 2 rings (SSSR count). The second-order valence-corrected chi connectivity index (χ2v) is 7.00. The van der Waals surface area contributed by atoms with Crippen molar-refractivity contribution in [2.45, 2.75) is 51.7 Å². The van der Waals surface area contributed by atoms with Crippen LogP contribution >= 0.6 is 0 Å². The third-order valence-corrected chi connectivity index (χ3v) is 4.72. The number of aliphatic hydroxyl groups excluding tert-OH is 1. The number of nitrogens with zero attached hydrogens (tertiary/aromatic N) is 1. The summed E-state index contributed by atoms with van der Waals surface area (Å²) in [5.41, 5.74) is 0. The number of likely N-dealkylation sites (N-methyl/N-ethyl adjacent to an activating group) is 1. The van der Waals surface area contributed by atoms with E-state index in [0.717, 1.165) is 25.7 Å². The van der Waals surface area contributed by atoms with Crippen LogP contribution < -0.4 is 5.32 Å². The van der Waals surface area contributed by atoms with Crippen LogP contribution in [0.15, 0.2) is 22.8 Å². The third kappa shape index (κ3) is 4.60. The maximum absolute atomic E-state index is 12.8. The van der Waals surface area contributed by atoms with Crippen molar-refractivity contribution in [2.24, 2.45) is 11.8 Å². The van der Waals surface area contributed by atoms with Crippen molar-refractivity contribution in [1.82, 2.24) is 10.2 Å². The first-order chi connectivity index (χ1) is 11.4. The Hall–Kier alpha value is -1.82. The van der Waals surface area contributed by atoms with Crippen LogP contribution in [0.1, 0.15) is 50.1 Å². The van der Waals surface area contributed by atoms with Crippen LogP contribution in [0.25, 0.3) is 0 Å². The zero-order chi connectivity index (χ0) is 17.7. The van der Waals surface area contributed by atoms with Crippen LogP contribution in [-0.2, 0) is 4.79 Å². The van der Waals surface area contributed by atoms with E-state index >= 15 is 0 Å². The molecule has 3 atom stereocenters. The highest BCUT2D eigenvalue weighted by molar-refractivity contribution is 5.95. The summed E-state index contributed by atoms with van der Waals surface area (Å²) in [5.74, 6) is -0.268. The predicted octanol–water partition coefficient (Wildman–Crippen LogP) is 2.04. The molecule has 1 saturated carbocycles. The van der Waals surface area contributed by atoms with Gasteiger partial charge in [0.15, 0.2) is 5.76 Å². The molecule has 1 aromatic heterocycles. The Morgan fingerprint density at radius 3 is 2.67 bits per heavy atom. The Kier molecular flexibility index (Phi) is 6.43. The molecule has 24 heavy (non-hydrogen) atoms. The molecule has 0 spiro atoms. The fraction of sp³-hybridized carbons (Fsp3) is 0.667. The first-order valence-corrected chi connectivity index (χ1v) is 8.67. The normalized spacial score (nSPS) is 22.2. The monoisotopic (exact) mass is 336 g/mol. The van der Waals surface area contributed by atoms with Crippen LogP contribution in [0.4, 0.5) is 0 Å². The van der Waals surface area contributed by atoms with Crippen LogP contribution in [0, 0.1) is 11.8 Å². The van der Waals surface area contributed by atoms with Gasteiger partial charge in [-0.3, -0.25) is 9.59 Å². The zero-order valence-electron chi connectivity index (χ0n) is 14.7. The smallest absolute Gasteiger partial charge is 0.287 e. The van der Waals surface area contributed by atoms with E-state index in [-0.39, 0.29) is 29.6 Å². The van der Waals surface area contributed by atoms with Crippen molar-refractivity contribution in [3.8, 4) is 0 Å². The quantitative estimate of drug-likeness (QED) is 0.833. The third-order valence-electron chi connectivity index (χ3n) is 4.72. The largest absolute Gasteiger partial charge is 0.459 e. The molecule has 0 bridgehead atoms. The van der Waals surface area contributed by atoms with E-state index in [2.05, 4.69) is 5.32 Å². The maximum atomic E-state index is 12.8. The van der Waals surface area contributed by atoms with Gasteiger partial charge in [0.2, 0.25) is 5.91 Å². The van der Waals surface area contributed by atoms with E-state index < -0.39 is 11.9 Å². The summed E-state index contributed by atoms with van der Waals surface area (Å²) in [6.07, 6.45) is 4.96. The summed E-state index contributed by atoms with van der Waals surface area (Å²) in [6, 6.07) is 2.59. The van der Waals surface area contributed by atoms with Gasteiger partial charge in [0, 0.05) is 19.5 Å². The molecule has 1 heterocycles. The lowest BCUT2D eigenvalue weighted by molar-refractivity contribution is -0.134. The highest BCUT2D eigenvalue weighted by Gasteiger charge is 2.31. The molecule has 3 unspecified atom stereocenters. The van der Waals surface area contributed by atoms with Gasteiger partial charge in [-0.15, -0.1) is 0 Å². The lowest BCUT2D eigenvalue weighted by atomic mass is 9.86. The minimum absolute atomic E-state index is 0.0462. The van der Waals surface area contributed by atoms with Crippen molar-refractivity contribution in [2.75, 3.05) is 13.6 Å². The summed E-state index contributed by atoms with van der Waals surface area (Å²) in [6.45, 7) is 4.31. The van der Waals surface area contributed by atoms with Crippen molar-refractivity contribution >= 4 is 11.8 Å². The molecule has 6 nitrogen and oxygen atoms in total. The Labute approximate surface area is 143 Å². The molecule has 1 aliphatic carbocycles. The van der Waals surface area contributed by atoms with Gasteiger partial charge in [0.1, 0.15) is 6.04 Å². The van der Waals surface area contributed by atoms with Crippen molar-refractivity contribution < 1.29 is 19.1 Å². The summed E-state index contributed by atoms with van der Waals surface area (Å²) >= 11 is 0. The zero-order valence-corrected chi connectivity index (χ0v) is 14.7. The number of hydrogen-bond acceptors (Lipinski definition) is 4. The molecule has 0 radical (unpaired) electrons. The minimum atomic E-state index is -0.617. The van der Waals surface area contributed by atoms with Crippen LogP contribution in [0.2, 0.25) is 0 Å². The molecule has 0 aromatic carbocycles. The molecule has 0 saturated heterocycles. The number of aliphatic hydroxyl groups is 1. The second-order valence-electron chi connectivity index (χ2n) is 7.00. The first kappa shape index (κ1) is 18.5. The molecular formula is C18H28N2O4. The van der Waals surface area contributed by atoms with Gasteiger partial charge >= 0.3 is 0 Å². The average molecular weight is 336 g/mol. The molecule has 2 N–H and O–H groups in total. The number of carbonyl (C=O) groups excluding carboxylic acids is 2. The van der Waals surface area contributed by atoms with Gasteiger partial charge in [0.25, 0.3) is 5.91 Å². The molecule has 6 heteroatoms. The van der Waals surface area contributed by atoms with Gasteiger partial charge in [-0.05, 0) is 30.9 Å². The van der Waals surface area contributed by atoms with E-state index in [0.29, 0.717) is 6.54 Å². The highest BCUT2D eigenvalue weighted by Crippen LogP contribution is 2.25. The molecule has 1 aliphatic rings. The average Bonchev–Trinajstić information content (AvgIpc) is 3.08. The first-order valence-electron chi connectivity index (χ1n) is 8.67. The Bertz CT molecular complexity index is 541. The topological polar surface area (TPSA) is 82.8 Å². The van der Waals surface area contributed by atoms with Gasteiger partial charge in [-0.2, -0.15) is 0 Å². The van der Waals surface area contributed by atoms with Crippen molar-refractivity contribution in [3.05, 3.63) is 24.2 Å². The fourth-order valence-electron chi connectivity index (χ4n) is 3.21. The van der Waals surface area contributed by atoms with E-state index in [4.69, 9.17) is 4.42 Å². The van der Waals surface area contributed by atoms with Crippen LogP contribution in [0.5, 0.6) is 0 Å². The lowest BCUT2D eigenvalue weighted by Gasteiger charge is -2.33. The summed E-state index contributed by atoms with van der Waals surface area (Å²) in [7, 11) is 1.73. The van der Waals surface area contributed by atoms with Crippen molar-refractivity contribution in [3.63, 3.8) is 0 Å². The molecule has 1 fully saturated rings. The van der Waals surface area contributed by atoms with E-state index in [1.165, 1.54) is 6.26 Å². The SMILES string of the molecule is CC(C)C(NC(=O)c1ccco1)C(=O)N(C)CC1CCCCC1O. The molecule has 1 aromatic rings. The summed E-state index contributed by atoms with van der Waals surface area (Å²) < 4.78 is 5.08. The lowest BCUT2D eigenvalue weighted by Crippen LogP contribution is -2.51. The highest BCUT2D eigenvalue weighted by atomic mass is 16.3. The molecule has 134 valence electrons. The number of furan rings is 1. The van der Waals surface area contributed by atoms with E-state index in [1.54, 1.807) is 24.1 Å². The fourth-order valence-corrected chi connectivity index (χ4v) is 3.21. The number of hydrogen-bond donors (Lipinski definition) is 2. The van der Waals surface area contributed by atoms with Crippen LogP contribution in [-0.4, -0.2) is 47.6 Å². The molecule has 0 aliphatic heterocycles. The van der Waals surface area contributed by atoms with Gasteiger partial charge in [-0.25, -0.2) is 0 Å².